The summed E-state index contributed by atoms with van der Waals surface area (Å²) in [6.45, 7) is 0. The molecule has 3 aromatic rings. The van der Waals surface area contributed by atoms with E-state index in [9.17, 15) is 19.7 Å². The SMILES string of the molecule is O=C(/C=C/c1cccc([N+](=O)[O-])c1)NC(=S)Nc1cccc(NC(=O)c2ccco2)c1. The van der Waals surface area contributed by atoms with Crippen LogP contribution in [0.25, 0.3) is 6.08 Å². The van der Waals surface area contributed by atoms with Crippen molar-refractivity contribution in [3.63, 3.8) is 0 Å². The molecule has 0 aliphatic carbocycles. The molecule has 3 rings (SSSR count). The molecular formula is C21H16N4O5S. The number of nitrogens with zero attached hydrogens (tertiary/aromatic N) is 1. The van der Waals surface area contributed by atoms with Crippen LogP contribution in [0.3, 0.4) is 0 Å². The van der Waals surface area contributed by atoms with Crippen LogP contribution in [0.15, 0.2) is 77.4 Å². The molecule has 1 heterocycles. The average molecular weight is 436 g/mol. The molecule has 0 fully saturated rings. The van der Waals surface area contributed by atoms with Crippen LogP contribution in [-0.2, 0) is 4.79 Å². The Labute approximate surface area is 181 Å². The number of hydrogen-bond donors (Lipinski definition) is 3. The van der Waals surface area contributed by atoms with Crippen molar-refractivity contribution in [3.8, 4) is 0 Å². The number of nitro benzene ring substituents is 1. The van der Waals surface area contributed by atoms with Gasteiger partial charge in [0.25, 0.3) is 11.6 Å². The monoisotopic (exact) mass is 436 g/mol. The van der Waals surface area contributed by atoms with Gasteiger partial charge in [0.05, 0.1) is 11.2 Å². The van der Waals surface area contributed by atoms with Crippen molar-refractivity contribution in [2.75, 3.05) is 10.6 Å². The van der Waals surface area contributed by atoms with E-state index in [2.05, 4.69) is 16.0 Å². The van der Waals surface area contributed by atoms with E-state index in [4.69, 9.17) is 16.6 Å². The average Bonchev–Trinajstić information content (AvgIpc) is 3.28. The molecule has 0 saturated carbocycles. The number of hydrogen-bond acceptors (Lipinski definition) is 6. The predicted octanol–water partition coefficient (Wildman–Crippen LogP) is 3.97. The van der Waals surface area contributed by atoms with Gasteiger partial charge in [0.15, 0.2) is 10.9 Å². The number of rotatable bonds is 6. The van der Waals surface area contributed by atoms with Crippen molar-refractivity contribution in [3.05, 3.63) is 94.4 Å². The van der Waals surface area contributed by atoms with Crippen molar-refractivity contribution in [1.29, 1.82) is 0 Å². The van der Waals surface area contributed by atoms with Crippen LogP contribution in [0.5, 0.6) is 0 Å². The van der Waals surface area contributed by atoms with Crippen molar-refractivity contribution in [1.82, 2.24) is 5.32 Å². The van der Waals surface area contributed by atoms with E-state index in [1.54, 1.807) is 42.5 Å². The summed E-state index contributed by atoms with van der Waals surface area (Å²) in [5.41, 5.74) is 1.48. The first-order valence-electron chi connectivity index (χ1n) is 8.90. The van der Waals surface area contributed by atoms with Crippen molar-refractivity contribution >= 4 is 52.3 Å². The minimum Gasteiger partial charge on any atom is -0.459 e. The number of amides is 2. The predicted molar refractivity (Wildman–Crippen MR) is 120 cm³/mol. The van der Waals surface area contributed by atoms with Crippen molar-refractivity contribution in [2.24, 2.45) is 0 Å². The fourth-order valence-corrected chi connectivity index (χ4v) is 2.72. The molecule has 31 heavy (non-hydrogen) atoms. The molecule has 0 spiro atoms. The molecule has 3 N–H and O–H groups in total. The zero-order chi connectivity index (χ0) is 22.2. The van der Waals surface area contributed by atoms with E-state index in [0.29, 0.717) is 16.9 Å². The number of non-ortho nitro benzene ring substituents is 1. The quantitative estimate of drug-likeness (QED) is 0.231. The third-order valence-corrected chi connectivity index (χ3v) is 4.07. The van der Waals surface area contributed by atoms with Crippen LogP contribution in [-0.4, -0.2) is 21.9 Å². The van der Waals surface area contributed by atoms with Gasteiger partial charge in [-0.1, -0.05) is 18.2 Å². The number of carbonyl (C=O) groups is 2. The van der Waals surface area contributed by atoms with E-state index < -0.39 is 16.7 Å². The molecule has 156 valence electrons. The molecule has 0 unspecified atom stereocenters. The van der Waals surface area contributed by atoms with Crippen molar-refractivity contribution in [2.45, 2.75) is 0 Å². The molecule has 2 amide bonds. The highest BCUT2D eigenvalue weighted by molar-refractivity contribution is 7.80. The number of thiocarbonyl (C=S) groups is 1. The van der Waals surface area contributed by atoms with E-state index in [1.165, 1.54) is 36.6 Å². The maximum Gasteiger partial charge on any atom is 0.291 e. The smallest absolute Gasteiger partial charge is 0.291 e. The normalized spacial score (nSPS) is 10.5. The van der Waals surface area contributed by atoms with Crippen LogP contribution in [0.2, 0.25) is 0 Å². The molecular weight excluding hydrogens is 420 g/mol. The zero-order valence-corrected chi connectivity index (χ0v) is 16.7. The van der Waals surface area contributed by atoms with Crippen LogP contribution in [0, 0.1) is 10.1 Å². The van der Waals surface area contributed by atoms with Crippen LogP contribution in [0.4, 0.5) is 17.1 Å². The standard InChI is InChI=1S/C21H16N4O5S/c26-19(10-9-14-4-1-7-17(12-14)25(28)29)24-21(31)23-16-6-2-5-15(13-16)22-20(27)18-8-3-11-30-18/h1-13H,(H,22,27)(H2,23,24,26,31)/b10-9+. The molecule has 0 bridgehead atoms. The number of benzene rings is 2. The van der Waals surface area contributed by atoms with Gasteiger partial charge in [0.1, 0.15) is 0 Å². The highest BCUT2D eigenvalue weighted by Crippen LogP contribution is 2.17. The summed E-state index contributed by atoms with van der Waals surface area (Å²) in [7, 11) is 0. The van der Waals surface area contributed by atoms with Gasteiger partial charge < -0.3 is 15.1 Å². The Balaban J connectivity index is 1.55. The van der Waals surface area contributed by atoms with Gasteiger partial charge in [0, 0.05) is 29.6 Å². The molecule has 0 atom stereocenters. The van der Waals surface area contributed by atoms with Crippen LogP contribution in [0.1, 0.15) is 16.1 Å². The van der Waals surface area contributed by atoms with Crippen LogP contribution >= 0.6 is 12.2 Å². The number of nitro groups is 1. The third-order valence-electron chi connectivity index (χ3n) is 3.87. The van der Waals surface area contributed by atoms with Crippen molar-refractivity contribution < 1.29 is 18.9 Å². The topological polar surface area (TPSA) is 127 Å². The summed E-state index contributed by atoms with van der Waals surface area (Å²) >= 11 is 5.13. The molecule has 2 aromatic carbocycles. The van der Waals surface area contributed by atoms with Gasteiger partial charge in [-0.3, -0.25) is 25.0 Å². The Bertz CT molecular complexity index is 1160. The Morgan fingerprint density at radius 1 is 1.00 bits per heavy atom. The lowest BCUT2D eigenvalue weighted by Gasteiger charge is -2.10. The van der Waals surface area contributed by atoms with E-state index in [0.717, 1.165) is 0 Å². The first kappa shape index (κ1) is 21.4. The molecule has 0 aliphatic heterocycles. The maximum absolute atomic E-state index is 12.1. The Morgan fingerprint density at radius 2 is 1.74 bits per heavy atom. The van der Waals surface area contributed by atoms with Crippen LogP contribution < -0.4 is 16.0 Å². The summed E-state index contributed by atoms with van der Waals surface area (Å²) < 4.78 is 5.04. The van der Waals surface area contributed by atoms with Gasteiger partial charge in [-0.15, -0.1) is 0 Å². The molecule has 0 saturated heterocycles. The minimum atomic E-state index is -0.512. The number of carbonyl (C=O) groups excluding carboxylic acids is 2. The Morgan fingerprint density at radius 3 is 2.45 bits per heavy atom. The van der Waals surface area contributed by atoms with E-state index >= 15 is 0 Å². The first-order chi connectivity index (χ1) is 14.9. The second kappa shape index (κ2) is 9.94. The first-order valence-corrected chi connectivity index (χ1v) is 9.31. The largest absolute Gasteiger partial charge is 0.459 e. The summed E-state index contributed by atoms with van der Waals surface area (Å²) in [6, 6.07) is 15.8. The van der Waals surface area contributed by atoms with Gasteiger partial charge in [-0.25, -0.2) is 0 Å². The number of anilines is 2. The molecule has 1 aromatic heterocycles. The highest BCUT2D eigenvalue weighted by atomic mass is 32.1. The highest BCUT2D eigenvalue weighted by Gasteiger charge is 2.09. The number of nitrogens with one attached hydrogen (secondary N) is 3. The van der Waals surface area contributed by atoms with Gasteiger partial charge in [0.2, 0.25) is 5.91 Å². The second-order valence-electron chi connectivity index (χ2n) is 6.14. The second-order valence-corrected chi connectivity index (χ2v) is 6.55. The third kappa shape index (κ3) is 6.34. The van der Waals surface area contributed by atoms with Gasteiger partial charge >= 0.3 is 0 Å². The lowest BCUT2D eigenvalue weighted by Crippen LogP contribution is -2.32. The minimum absolute atomic E-state index is 0.0446. The lowest BCUT2D eigenvalue weighted by atomic mass is 10.2. The fourth-order valence-electron chi connectivity index (χ4n) is 2.51. The summed E-state index contributed by atoms with van der Waals surface area (Å²) in [6.07, 6.45) is 4.06. The van der Waals surface area contributed by atoms with E-state index in [1.807, 2.05) is 0 Å². The van der Waals surface area contributed by atoms with Gasteiger partial charge in [-0.2, -0.15) is 0 Å². The molecule has 10 heteroatoms. The number of furan rings is 1. The lowest BCUT2D eigenvalue weighted by molar-refractivity contribution is -0.384. The summed E-state index contributed by atoms with van der Waals surface area (Å²) in [5, 5.41) is 18.9. The molecule has 0 aliphatic rings. The Kier molecular flexibility index (Phi) is 6.86. The van der Waals surface area contributed by atoms with E-state index in [-0.39, 0.29) is 16.6 Å². The maximum atomic E-state index is 12.1. The summed E-state index contributed by atoms with van der Waals surface area (Å²) in [4.78, 5) is 34.4. The zero-order valence-electron chi connectivity index (χ0n) is 15.9. The molecule has 9 nitrogen and oxygen atoms in total. The Hall–Kier alpha value is -4.31. The van der Waals surface area contributed by atoms with Gasteiger partial charge in [-0.05, 0) is 54.2 Å². The summed E-state index contributed by atoms with van der Waals surface area (Å²) in [5.74, 6) is -0.729. The fraction of sp³-hybridized carbons (Fsp3) is 0. The molecule has 0 radical (unpaired) electrons.